The summed E-state index contributed by atoms with van der Waals surface area (Å²) in [4.78, 5) is 26.6. The zero-order valence-corrected chi connectivity index (χ0v) is 16.1. The molecule has 0 radical (unpaired) electrons. The molecule has 0 aliphatic carbocycles. The fraction of sp³-hybridized carbons (Fsp3) is 0.130. The minimum atomic E-state index is -0.594. The Bertz CT molecular complexity index is 1080. The third-order valence-corrected chi connectivity index (χ3v) is 4.67. The number of nitrogens with one attached hydrogen (secondary N) is 1. The van der Waals surface area contributed by atoms with Crippen molar-refractivity contribution in [2.45, 2.75) is 13.5 Å². The third kappa shape index (κ3) is 3.91. The maximum Gasteiger partial charge on any atom is 0.411 e. The monoisotopic (exact) mass is 388 g/mol. The summed E-state index contributed by atoms with van der Waals surface area (Å²) >= 11 is 0. The fourth-order valence-corrected chi connectivity index (χ4v) is 3.13. The zero-order valence-electron chi connectivity index (χ0n) is 16.1. The van der Waals surface area contributed by atoms with Crippen molar-refractivity contribution in [3.63, 3.8) is 0 Å². The van der Waals surface area contributed by atoms with Gasteiger partial charge in [0.05, 0.1) is 11.3 Å². The predicted molar refractivity (Wildman–Crippen MR) is 111 cm³/mol. The molecule has 4 rings (SSSR count). The van der Waals surface area contributed by atoms with E-state index in [0.29, 0.717) is 28.4 Å². The number of hydrogen-bond donors (Lipinski definition) is 1. The number of rotatable bonds is 3. The number of aryl methyl sites for hydroxylation is 1. The van der Waals surface area contributed by atoms with Crippen LogP contribution >= 0.6 is 0 Å². The van der Waals surface area contributed by atoms with E-state index in [1.54, 1.807) is 30.1 Å². The molecule has 1 aliphatic heterocycles. The summed E-state index contributed by atoms with van der Waals surface area (Å²) in [6, 6.07) is 20.0. The van der Waals surface area contributed by atoms with Crippen molar-refractivity contribution in [3.05, 3.63) is 83.4 Å². The smallest absolute Gasteiger partial charge is 0.411 e. The molecule has 1 heterocycles. The molecule has 0 unspecified atom stereocenters. The standard InChI is InChI=1S/C23H20N2O4/c1-15-8-10-21-19(12-15)25(2)22(26)18-13-17(9-11-20(18)29-21)24-23(27)28-14-16-6-4-3-5-7-16/h3-13H,14H2,1-2H3,(H,24,27). The van der Waals surface area contributed by atoms with E-state index in [1.165, 1.54) is 0 Å². The van der Waals surface area contributed by atoms with Crippen LogP contribution in [0.2, 0.25) is 0 Å². The number of carbonyl (C=O) groups is 2. The summed E-state index contributed by atoms with van der Waals surface area (Å²) < 4.78 is 11.2. The van der Waals surface area contributed by atoms with Crippen molar-refractivity contribution in [2.75, 3.05) is 17.3 Å². The van der Waals surface area contributed by atoms with Crippen molar-refractivity contribution in [3.8, 4) is 11.5 Å². The van der Waals surface area contributed by atoms with Crippen molar-refractivity contribution >= 4 is 23.4 Å². The first-order chi connectivity index (χ1) is 14.0. The van der Waals surface area contributed by atoms with E-state index in [1.807, 2.05) is 55.5 Å². The number of benzene rings is 3. The third-order valence-electron chi connectivity index (χ3n) is 4.67. The Balaban J connectivity index is 1.52. The molecule has 0 saturated carbocycles. The van der Waals surface area contributed by atoms with Crippen LogP contribution in [-0.2, 0) is 11.3 Å². The van der Waals surface area contributed by atoms with Crippen molar-refractivity contribution in [2.24, 2.45) is 0 Å². The van der Waals surface area contributed by atoms with E-state index < -0.39 is 6.09 Å². The number of amides is 2. The molecule has 1 N–H and O–H groups in total. The van der Waals surface area contributed by atoms with Gasteiger partial charge in [0, 0.05) is 12.7 Å². The van der Waals surface area contributed by atoms with Crippen LogP contribution in [0.15, 0.2) is 66.7 Å². The van der Waals surface area contributed by atoms with E-state index in [-0.39, 0.29) is 12.5 Å². The van der Waals surface area contributed by atoms with Crippen LogP contribution in [0, 0.1) is 6.92 Å². The SMILES string of the molecule is Cc1ccc2c(c1)N(C)C(=O)c1cc(NC(=O)OCc3ccccc3)ccc1O2. The summed E-state index contributed by atoms with van der Waals surface area (Å²) in [5, 5.41) is 2.66. The van der Waals surface area contributed by atoms with Crippen LogP contribution in [0.1, 0.15) is 21.5 Å². The average Bonchev–Trinajstić information content (AvgIpc) is 2.83. The van der Waals surface area contributed by atoms with E-state index >= 15 is 0 Å². The van der Waals surface area contributed by atoms with Gasteiger partial charge in [-0.2, -0.15) is 0 Å². The number of ether oxygens (including phenoxy) is 2. The maximum absolute atomic E-state index is 13.0. The quantitative estimate of drug-likeness (QED) is 0.676. The van der Waals surface area contributed by atoms with Crippen LogP contribution in [0.4, 0.5) is 16.2 Å². The first kappa shape index (κ1) is 18.6. The molecule has 2 amide bonds. The molecule has 3 aromatic rings. The van der Waals surface area contributed by atoms with Gasteiger partial charge in [-0.05, 0) is 48.4 Å². The number of carbonyl (C=O) groups excluding carboxylic acids is 2. The van der Waals surface area contributed by atoms with Gasteiger partial charge in [0.1, 0.15) is 12.4 Å². The minimum absolute atomic E-state index is 0.164. The molecule has 0 fully saturated rings. The summed E-state index contributed by atoms with van der Waals surface area (Å²) in [7, 11) is 1.70. The number of nitrogens with zero attached hydrogens (tertiary/aromatic N) is 1. The number of fused-ring (bicyclic) bond motifs is 2. The van der Waals surface area contributed by atoms with Crippen molar-refractivity contribution in [1.82, 2.24) is 0 Å². The fourth-order valence-electron chi connectivity index (χ4n) is 3.13. The van der Waals surface area contributed by atoms with Gasteiger partial charge in [-0.15, -0.1) is 0 Å². The van der Waals surface area contributed by atoms with Crippen molar-refractivity contribution < 1.29 is 19.1 Å². The van der Waals surface area contributed by atoms with Gasteiger partial charge in [0.25, 0.3) is 5.91 Å². The summed E-state index contributed by atoms with van der Waals surface area (Å²) in [5.41, 5.74) is 3.43. The molecule has 6 nitrogen and oxygen atoms in total. The minimum Gasteiger partial charge on any atom is -0.454 e. The molecular weight excluding hydrogens is 368 g/mol. The molecule has 6 heteroatoms. The molecule has 0 atom stereocenters. The zero-order chi connectivity index (χ0) is 20.4. The molecule has 3 aromatic carbocycles. The van der Waals surface area contributed by atoms with E-state index in [2.05, 4.69) is 5.32 Å². The highest BCUT2D eigenvalue weighted by Gasteiger charge is 2.26. The lowest BCUT2D eigenvalue weighted by Gasteiger charge is -2.16. The lowest BCUT2D eigenvalue weighted by Crippen LogP contribution is -2.25. The highest BCUT2D eigenvalue weighted by molar-refractivity contribution is 6.10. The highest BCUT2D eigenvalue weighted by Crippen LogP contribution is 2.39. The second-order valence-electron chi connectivity index (χ2n) is 6.84. The molecule has 146 valence electrons. The molecule has 1 aliphatic rings. The van der Waals surface area contributed by atoms with E-state index in [9.17, 15) is 9.59 Å². The van der Waals surface area contributed by atoms with Crippen LogP contribution in [0.5, 0.6) is 11.5 Å². The van der Waals surface area contributed by atoms with Gasteiger partial charge in [-0.3, -0.25) is 10.1 Å². The summed E-state index contributed by atoms with van der Waals surface area (Å²) in [6.45, 7) is 2.12. The predicted octanol–water partition coefficient (Wildman–Crippen LogP) is 5.13. The molecule has 0 saturated heterocycles. The molecule has 0 bridgehead atoms. The Morgan fingerprint density at radius 1 is 1.03 bits per heavy atom. The van der Waals surface area contributed by atoms with Gasteiger partial charge in [-0.25, -0.2) is 4.79 Å². The van der Waals surface area contributed by atoms with E-state index in [4.69, 9.17) is 9.47 Å². The molecule has 29 heavy (non-hydrogen) atoms. The van der Waals surface area contributed by atoms with Gasteiger partial charge in [0.2, 0.25) is 0 Å². The lowest BCUT2D eigenvalue weighted by atomic mass is 10.1. The van der Waals surface area contributed by atoms with Gasteiger partial charge in [-0.1, -0.05) is 36.4 Å². The molecular formula is C23H20N2O4. The van der Waals surface area contributed by atoms with E-state index in [0.717, 1.165) is 11.1 Å². The maximum atomic E-state index is 13.0. The van der Waals surface area contributed by atoms with Crippen LogP contribution in [0.3, 0.4) is 0 Å². The largest absolute Gasteiger partial charge is 0.454 e. The Morgan fingerprint density at radius 2 is 1.79 bits per heavy atom. The number of hydrogen-bond acceptors (Lipinski definition) is 4. The van der Waals surface area contributed by atoms with Gasteiger partial charge in [0.15, 0.2) is 5.75 Å². The Morgan fingerprint density at radius 3 is 2.59 bits per heavy atom. The second kappa shape index (κ2) is 7.67. The van der Waals surface area contributed by atoms with Crippen LogP contribution < -0.4 is 15.0 Å². The van der Waals surface area contributed by atoms with Gasteiger partial charge < -0.3 is 14.4 Å². The lowest BCUT2D eigenvalue weighted by molar-refractivity contribution is 0.0993. The summed E-state index contributed by atoms with van der Waals surface area (Å²) in [5.74, 6) is 0.825. The highest BCUT2D eigenvalue weighted by atomic mass is 16.5. The first-order valence-electron chi connectivity index (χ1n) is 9.19. The Hall–Kier alpha value is -3.80. The second-order valence-corrected chi connectivity index (χ2v) is 6.84. The average molecular weight is 388 g/mol. The summed E-state index contributed by atoms with van der Waals surface area (Å²) in [6.07, 6.45) is -0.594. The van der Waals surface area contributed by atoms with Crippen LogP contribution in [0.25, 0.3) is 0 Å². The topological polar surface area (TPSA) is 67.9 Å². The number of anilines is 2. The Kier molecular flexibility index (Phi) is 4.91. The first-order valence-corrected chi connectivity index (χ1v) is 9.19. The van der Waals surface area contributed by atoms with Gasteiger partial charge >= 0.3 is 6.09 Å². The Labute approximate surface area is 168 Å². The van der Waals surface area contributed by atoms with Crippen molar-refractivity contribution in [1.29, 1.82) is 0 Å². The van der Waals surface area contributed by atoms with Crippen LogP contribution in [-0.4, -0.2) is 19.0 Å². The normalized spacial score (nSPS) is 12.3. The molecule has 0 aromatic heterocycles. The molecule has 0 spiro atoms.